The lowest BCUT2D eigenvalue weighted by Gasteiger charge is -2.20. The molecule has 0 aliphatic rings. The quantitative estimate of drug-likeness (QED) is 0.510. The van der Waals surface area contributed by atoms with Crippen molar-refractivity contribution in [3.8, 4) is 0 Å². The molecule has 172 valence electrons. The van der Waals surface area contributed by atoms with Gasteiger partial charge in [-0.25, -0.2) is 8.42 Å². The van der Waals surface area contributed by atoms with Crippen LogP contribution in [0.15, 0.2) is 77.7 Å². The first-order valence-electron chi connectivity index (χ1n) is 10.1. The lowest BCUT2D eigenvalue weighted by atomic mass is 10.1. The number of hydrogen-bond donors (Lipinski definition) is 2. The number of sulfonamides is 1. The van der Waals surface area contributed by atoms with Gasteiger partial charge in [0.05, 0.1) is 16.6 Å². The smallest absolute Gasteiger partial charge is 0.264 e. The molecule has 0 spiro atoms. The van der Waals surface area contributed by atoms with E-state index in [4.69, 9.17) is 11.6 Å². The zero-order valence-corrected chi connectivity index (χ0v) is 19.9. The second-order valence-corrected chi connectivity index (χ2v) is 9.89. The minimum atomic E-state index is -3.91. The monoisotopic (exact) mass is 485 g/mol. The van der Waals surface area contributed by atoms with Gasteiger partial charge >= 0.3 is 0 Å². The van der Waals surface area contributed by atoms with E-state index >= 15 is 0 Å². The van der Waals surface area contributed by atoms with Gasteiger partial charge in [-0.05, 0) is 61.0 Å². The van der Waals surface area contributed by atoms with Crippen LogP contribution in [0.25, 0.3) is 0 Å². The fourth-order valence-corrected chi connectivity index (χ4v) is 4.64. The van der Waals surface area contributed by atoms with Gasteiger partial charge in [-0.15, -0.1) is 0 Å². The van der Waals surface area contributed by atoms with Crippen molar-refractivity contribution in [3.63, 3.8) is 0 Å². The Labute approximate surface area is 198 Å². The summed E-state index contributed by atoms with van der Waals surface area (Å²) in [6.07, 6.45) is 0. The molecule has 2 N–H and O–H groups in total. The van der Waals surface area contributed by atoms with E-state index in [1.54, 1.807) is 55.5 Å². The molecule has 1 unspecified atom stereocenters. The number of carbonyl (C=O) groups excluding carboxylic acids is 2. The SMILES string of the molecule is CC(=O)Nc1cccc(C(C)NC(=O)c2cccc(S(=O)(=O)N(C)c3cccc(Cl)c3)c2)c1. The van der Waals surface area contributed by atoms with Crippen LogP contribution in [-0.4, -0.2) is 27.3 Å². The lowest BCUT2D eigenvalue weighted by Crippen LogP contribution is -2.28. The molecule has 3 aromatic rings. The number of nitrogens with one attached hydrogen (secondary N) is 2. The van der Waals surface area contributed by atoms with Gasteiger partial charge in [0, 0.05) is 30.2 Å². The van der Waals surface area contributed by atoms with E-state index in [1.165, 1.54) is 32.2 Å². The van der Waals surface area contributed by atoms with Crippen molar-refractivity contribution in [1.29, 1.82) is 0 Å². The summed E-state index contributed by atoms with van der Waals surface area (Å²) in [5, 5.41) is 5.98. The second-order valence-electron chi connectivity index (χ2n) is 7.48. The average molecular weight is 486 g/mol. The number of carbonyl (C=O) groups is 2. The largest absolute Gasteiger partial charge is 0.346 e. The van der Waals surface area contributed by atoms with E-state index in [9.17, 15) is 18.0 Å². The maximum atomic E-state index is 13.1. The third kappa shape index (κ3) is 5.91. The maximum absolute atomic E-state index is 13.1. The van der Waals surface area contributed by atoms with Gasteiger partial charge in [-0.2, -0.15) is 0 Å². The van der Waals surface area contributed by atoms with Gasteiger partial charge in [0.15, 0.2) is 0 Å². The summed E-state index contributed by atoms with van der Waals surface area (Å²) in [6, 6.07) is 19.1. The first-order chi connectivity index (χ1) is 15.6. The molecule has 1 atom stereocenters. The van der Waals surface area contributed by atoms with Gasteiger partial charge in [0.2, 0.25) is 5.91 Å². The van der Waals surface area contributed by atoms with Crippen LogP contribution in [0.1, 0.15) is 35.8 Å². The number of anilines is 2. The van der Waals surface area contributed by atoms with Crippen LogP contribution in [-0.2, 0) is 14.8 Å². The third-order valence-corrected chi connectivity index (χ3v) is 7.00. The lowest BCUT2D eigenvalue weighted by molar-refractivity contribution is -0.114. The number of benzene rings is 3. The minimum Gasteiger partial charge on any atom is -0.346 e. The zero-order chi connectivity index (χ0) is 24.2. The maximum Gasteiger partial charge on any atom is 0.264 e. The number of nitrogens with zero attached hydrogens (tertiary/aromatic N) is 1. The molecule has 0 aromatic heterocycles. The van der Waals surface area contributed by atoms with E-state index in [-0.39, 0.29) is 22.4 Å². The Hall–Kier alpha value is -3.36. The Morgan fingerprint density at radius 3 is 2.36 bits per heavy atom. The van der Waals surface area contributed by atoms with E-state index in [0.29, 0.717) is 16.4 Å². The van der Waals surface area contributed by atoms with Gasteiger partial charge in [-0.3, -0.25) is 13.9 Å². The summed E-state index contributed by atoms with van der Waals surface area (Å²) in [6.45, 7) is 3.22. The highest BCUT2D eigenvalue weighted by Gasteiger charge is 2.23. The molecule has 9 heteroatoms. The summed E-state index contributed by atoms with van der Waals surface area (Å²) < 4.78 is 27.3. The van der Waals surface area contributed by atoms with Crippen LogP contribution in [0.5, 0.6) is 0 Å². The Balaban J connectivity index is 1.80. The average Bonchev–Trinajstić information content (AvgIpc) is 2.78. The summed E-state index contributed by atoms with van der Waals surface area (Å²) in [5.41, 5.74) is 2.03. The highest BCUT2D eigenvalue weighted by atomic mass is 35.5. The van der Waals surface area contributed by atoms with Crippen LogP contribution < -0.4 is 14.9 Å². The number of halogens is 1. The Morgan fingerprint density at radius 1 is 0.970 bits per heavy atom. The topological polar surface area (TPSA) is 95.6 Å². The van der Waals surface area contributed by atoms with E-state index < -0.39 is 15.9 Å². The number of hydrogen-bond acceptors (Lipinski definition) is 4. The van der Waals surface area contributed by atoms with Crippen molar-refractivity contribution in [1.82, 2.24) is 5.32 Å². The molecule has 0 aliphatic heterocycles. The van der Waals surface area contributed by atoms with Crippen molar-refractivity contribution in [2.45, 2.75) is 24.8 Å². The molecular formula is C24H24ClN3O4S. The van der Waals surface area contributed by atoms with Gasteiger partial charge < -0.3 is 10.6 Å². The van der Waals surface area contributed by atoms with Crippen molar-refractivity contribution < 1.29 is 18.0 Å². The van der Waals surface area contributed by atoms with Crippen LogP contribution in [0.4, 0.5) is 11.4 Å². The first kappa shape index (κ1) is 24.3. The van der Waals surface area contributed by atoms with Gasteiger partial charge in [-0.1, -0.05) is 35.9 Å². The summed E-state index contributed by atoms with van der Waals surface area (Å²) in [4.78, 5) is 24.1. The standard InChI is InChI=1S/C24H24ClN3O4S/c1-16(18-7-4-10-21(13-18)27-17(2)29)26-24(30)19-8-5-12-23(14-19)33(31,32)28(3)22-11-6-9-20(25)15-22/h4-16H,1-3H3,(H,26,30)(H,27,29). The van der Waals surface area contributed by atoms with Crippen molar-refractivity contribution in [3.05, 3.63) is 88.9 Å². The molecule has 0 heterocycles. The molecule has 0 aliphatic carbocycles. The van der Waals surface area contributed by atoms with Crippen molar-refractivity contribution >= 4 is 44.8 Å². The molecule has 3 aromatic carbocycles. The predicted octanol–water partition coefficient (Wildman–Crippen LogP) is 4.61. The molecule has 0 saturated carbocycles. The van der Waals surface area contributed by atoms with E-state index in [0.717, 1.165) is 9.87 Å². The van der Waals surface area contributed by atoms with Gasteiger partial charge in [0.1, 0.15) is 0 Å². The summed E-state index contributed by atoms with van der Waals surface area (Å²) >= 11 is 5.99. The number of amides is 2. The van der Waals surface area contributed by atoms with E-state index in [1.807, 2.05) is 6.07 Å². The summed E-state index contributed by atoms with van der Waals surface area (Å²) in [5.74, 6) is -0.612. The van der Waals surface area contributed by atoms with Crippen LogP contribution in [0.2, 0.25) is 5.02 Å². The fraction of sp³-hybridized carbons (Fsp3) is 0.167. The number of rotatable bonds is 7. The normalized spacial score (nSPS) is 12.0. The highest BCUT2D eigenvalue weighted by molar-refractivity contribution is 7.92. The molecule has 2 amide bonds. The van der Waals surface area contributed by atoms with Crippen LogP contribution in [0.3, 0.4) is 0 Å². The predicted molar refractivity (Wildman–Crippen MR) is 130 cm³/mol. The van der Waals surface area contributed by atoms with Crippen molar-refractivity contribution in [2.75, 3.05) is 16.7 Å². The molecular weight excluding hydrogens is 462 g/mol. The Morgan fingerprint density at radius 2 is 1.67 bits per heavy atom. The Kier molecular flexibility index (Phi) is 7.40. The molecule has 0 saturated heterocycles. The molecule has 33 heavy (non-hydrogen) atoms. The molecule has 3 rings (SSSR count). The zero-order valence-electron chi connectivity index (χ0n) is 18.4. The summed E-state index contributed by atoms with van der Waals surface area (Å²) in [7, 11) is -2.48. The molecule has 7 nitrogen and oxygen atoms in total. The van der Waals surface area contributed by atoms with Gasteiger partial charge in [0.25, 0.3) is 15.9 Å². The van der Waals surface area contributed by atoms with Crippen LogP contribution in [0, 0.1) is 0 Å². The highest BCUT2D eigenvalue weighted by Crippen LogP contribution is 2.25. The van der Waals surface area contributed by atoms with Crippen LogP contribution >= 0.6 is 11.6 Å². The van der Waals surface area contributed by atoms with Crippen molar-refractivity contribution in [2.24, 2.45) is 0 Å². The minimum absolute atomic E-state index is 0.0158. The third-order valence-electron chi connectivity index (χ3n) is 4.98. The van der Waals surface area contributed by atoms with E-state index in [2.05, 4.69) is 10.6 Å². The molecule has 0 fully saturated rings. The molecule has 0 bridgehead atoms. The molecule has 0 radical (unpaired) electrons. The Bertz CT molecular complexity index is 1290. The second kappa shape index (κ2) is 10.1. The first-order valence-corrected chi connectivity index (χ1v) is 11.9. The fourth-order valence-electron chi connectivity index (χ4n) is 3.22.